The molecule has 2 heterocycles. The highest BCUT2D eigenvalue weighted by atomic mass is 32.1. The van der Waals surface area contributed by atoms with Gasteiger partial charge in [-0.05, 0) is 35.2 Å². The second-order valence-corrected chi connectivity index (χ2v) is 9.76. The molecule has 36 heavy (non-hydrogen) atoms. The van der Waals surface area contributed by atoms with E-state index in [0.29, 0.717) is 50.7 Å². The van der Waals surface area contributed by atoms with Gasteiger partial charge in [0.2, 0.25) is 5.91 Å². The molecule has 1 aliphatic heterocycles. The summed E-state index contributed by atoms with van der Waals surface area (Å²) in [4.78, 5) is 34.1. The van der Waals surface area contributed by atoms with Crippen molar-refractivity contribution in [3.8, 4) is 5.75 Å². The third kappa shape index (κ3) is 7.40. The number of thiophene rings is 1. The molecule has 4 rings (SSSR count). The fraction of sp³-hybridized carbons (Fsp3) is 0.357. The minimum atomic E-state index is -0.175. The molecule has 7 nitrogen and oxygen atoms in total. The molecule has 1 aliphatic rings. The summed E-state index contributed by atoms with van der Waals surface area (Å²) < 4.78 is 10.8. The largest absolute Gasteiger partial charge is 0.497 e. The lowest BCUT2D eigenvalue weighted by atomic mass is 10.1. The van der Waals surface area contributed by atoms with Crippen LogP contribution in [0.1, 0.15) is 20.8 Å². The molecule has 1 fully saturated rings. The van der Waals surface area contributed by atoms with Gasteiger partial charge >= 0.3 is 0 Å². The predicted molar refractivity (Wildman–Crippen MR) is 141 cm³/mol. The molecule has 0 N–H and O–H groups in total. The number of methoxy groups -OCH3 is 1. The quantitative estimate of drug-likeness (QED) is 0.396. The Balaban J connectivity index is 1.52. The Bertz CT molecular complexity index is 1100. The molecule has 1 aromatic heterocycles. The van der Waals surface area contributed by atoms with Crippen LogP contribution in [0.3, 0.4) is 0 Å². The summed E-state index contributed by atoms with van der Waals surface area (Å²) in [5.74, 6) is 0.362. The van der Waals surface area contributed by atoms with E-state index in [0.717, 1.165) is 23.5 Å². The van der Waals surface area contributed by atoms with Gasteiger partial charge in [-0.1, -0.05) is 42.5 Å². The van der Waals surface area contributed by atoms with E-state index in [2.05, 4.69) is 4.90 Å². The number of hydrogen-bond acceptors (Lipinski definition) is 6. The maximum atomic E-state index is 13.7. The molecule has 0 aliphatic carbocycles. The van der Waals surface area contributed by atoms with Crippen molar-refractivity contribution < 1.29 is 19.1 Å². The molecule has 190 valence electrons. The zero-order chi connectivity index (χ0) is 25.2. The van der Waals surface area contributed by atoms with Gasteiger partial charge in [-0.15, -0.1) is 11.3 Å². The molecule has 2 amide bonds. The number of morpholine rings is 1. The van der Waals surface area contributed by atoms with Gasteiger partial charge in [0.25, 0.3) is 5.91 Å². The number of benzene rings is 2. The molecular weight excluding hydrogens is 474 g/mol. The zero-order valence-corrected chi connectivity index (χ0v) is 21.5. The summed E-state index contributed by atoms with van der Waals surface area (Å²) in [6, 6.07) is 21.1. The molecule has 0 bridgehead atoms. The van der Waals surface area contributed by atoms with Gasteiger partial charge in [-0.3, -0.25) is 14.5 Å². The SMILES string of the molecule is COc1cccc(C(=O)N(CCN2CCOCC2)CC(=O)N(Cc2ccccc2)Cc2cccs2)c1. The summed E-state index contributed by atoms with van der Waals surface area (Å²) in [6.45, 7) is 5.19. The van der Waals surface area contributed by atoms with Crippen LogP contribution in [0.15, 0.2) is 72.1 Å². The van der Waals surface area contributed by atoms with Gasteiger partial charge in [-0.25, -0.2) is 0 Å². The molecule has 0 spiro atoms. The Labute approximate surface area is 216 Å². The fourth-order valence-corrected chi connectivity index (χ4v) is 4.89. The third-order valence-electron chi connectivity index (χ3n) is 6.22. The first kappa shape index (κ1) is 25.9. The summed E-state index contributed by atoms with van der Waals surface area (Å²) in [5.41, 5.74) is 1.57. The second kappa shape index (κ2) is 13.2. The van der Waals surface area contributed by atoms with Gasteiger partial charge in [0, 0.05) is 43.2 Å². The van der Waals surface area contributed by atoms with Crippen LogP contribution in [-0.4, -0.2) is 79.6 Å². The van der Waals surface area contributed by atoms with E-state index in [1.54, 1.807) is 41.5 Å². The number of hydrogen-bond donors (Lipinski definition) is 0. The van der Waals surface area contributed by atoms with Crippen molar-refractivity contribution in [1.29, 1.82) is 0 Å². The Morgan fingerprint density at radius 3 is 2.50 bits per heavy atom. The Kier molecular flexibility index (Phi) is 9.49. The van der Waals surface area contributed by atoms with Crippen molar-refractivity contribution in [3.63, 3.8) is 0 Å². The minimum Gasteiger partial charge on any atom is -0.497 e. The molecule has 0 unspecified atom stereocenters. The summed E-state index contributed by atoms with van der Waals surface area (Å²) in [7, 11) is 1.58. The zero-order valence-electron chi connectivity index (χ0n) is 20.7. The Morgan fingerprint density at radius 1 is 0.972 bits per heavy atom. The molecule has 0 saturated carbocycles. The van der Waals surface area contributed by atoms with Crippen LogP contribution in [0, 0.1) is 0 Å². The molecule has 1 saturated heterocycles. The van der Waals surface area contributed by atoms with Crippen LogP contribution in [0.25, 0.3) is 0 Å². The summed E-state index contributed by atoms with van der Waals surface area (Å²) >= 11 is 1.63. The van der Waals surface area contributed by atoms with E-state index in [1.807, 2.05) is 58.8 Å². The van der Waals surface area contributed by atoms with Gasteiger partial charge < -0.3 is 19.3 Å². The average molecular weight is 508 g/mol. The van der Waals surface area contributed by atoms with Crippen molar-refractivity contribution in [2.75, 3.05) is 53.0 Å². The first-order valence-corrected chi connectivity index (χ1v) is 13.1. The molecule has 0 atom stereocenters. The standard InChI is InChI=1S/C28H33N3O4S/c1-34-25-10-5-9-24(19-25)28(33)30(13-12-29-14-16-35-17-15-29)22-27(32)31(21-26-11-6-18-36-26)20-23-7-3-2-4-8-23/h2-11,18-19H,12-17,20-22H2,1H3. The van der Waals surface area contributed by atoms with Gasteiger partial charge in [0.05, 0.1) is 26.9 Å². The highest BCUT2D eigenvalue weighted by Crippen LogP contribution is 2.17. The van der Waals surface area contributed by atoms with Crippen molar-refractivity contribution in [3.05, 3.63) is 88.1 Å². The fourth-order valence-electron chi connectivity index (χ4n) is 4.17. The summed E-state index contributed by atoms with van der Waals surface area (Å²) in [6.07, 6.45) is 0. The monoisotopic (exact) mass is 507 g/mol. The maximum absolute atomic E-state index is 13.7. The number of nitrogens with zero attached hydrogens (tertiary/aromatic N) is 3. The first-order valence-electron chi connectivity index (χ1n) is 12.2. The third-order valence-corrected chi connectivity index (χ3v) is 7.08. The smallest absolute Gasteiger partial charge is 0.254 e. The van der Waals surface area contributed by atoms with Crippen LogP contribution >= 0.6 is 11.3 Å². The normalized spacial score (nSPS) is 13.8. The van der Waals surface area contributed by atoms with Gasteiger partial charge in [-0.2, -0.15) is 0 Å². The van der Waals surface area contributed by atoms with E-state index in [1.165, 1.54) is 0 Å². The lowest BCUT2D eigenvalue weighted by Gasteiger charge is -2.31. The Morgan fingerprint density at radius 2 is 1.78 bits per heavy atom. The second-order valence-electron chi connectivity index (χ2n) is 8.73. The van der Waals surface area contributed by atoms with E-state index in [4.69, 9.17) is 9.47 Å². The molecule has 3 aromatic rings. The number of rotatable bonds is 11. The van der Waals surface area contributed by atoms with Crippen LogP contribution < -0.4 is 4.74 Å². The van der Waals surface area contributed by atoms with E-state index < -0.39 is 0 Å². The highest BCUT2D eigenvalue weighted by Gasteiger charge is 2.24. The van der Waals surface area contributed by atoms with E-state index in [9.17, 15) is 9.59 Å². The topological polar surface area (TPSA) is 62.3 Å². The van der Waals surface area contributed by atoms with Crippen LogP contribution in [0.2, 0.25) is 0 Å². The molecule has 0 radical (unpaired) electrons. The van der Waals surface area contributed by atoms with Crippen LogP contribution in [0.4, 0.5) is 0 Å². The van der Waals surface area contributed by atoms with Crippen LogP contribution in [0.5, 0.6) is 5.75 Å². The Hall–Kier alpha value is -3.20. The lowest BCUT2D eigenvalue weighted by Crippen LogP contribution is -2.47. The highest BCUT2D eigenvalue weighted by molar-refractivity contribution is 7.09. The van der Waals surface area contributed by atoms with E-state index >= 15 is 0 Å². The van der Waals surface area contributed by atoms with Gasteiger partial charge in [0.15, 0.2) is 0 Å². The van der Waals surface area contributed by atoms with Crippen molar-refractivity contribution in [2.24, 2.45) is 0 Å². The average Bonchev–Trinajstić information content (AvgIpc) is 3.44. The maximum Gasteiger partial charge on any atom is 0.254 e. The minimum absolute atomic E-state index is 0.0125. The van der Waals surface area contributed by atoms with Crippen molar-refractivity contribution in [1.82, 2.24) is 14.7 Å². The molecular formula is C28H33N3O4S. The van der Waals surface area contributed by atoms with Crippen LogP contribution in [-0.2, 0) is 22.6 Å². The van der Waals surface area contributed by atoms with E-state index in [-0.39, 0.29) is 18.4 Å². The summed E-state index contributed by atoms with van der Waals surface area (Å²) in [5, 5.41) is 2.02. The number of carbonyl (C=O) groups is 2. The first-order chi connectivity index (χ1) is 17.6. The number of ether oxygens (including phenoxy) is 2. The number of carbonyl (C=O) groups excluding carboxylic acids is 2. The van der Waals surface area contributed by atoms with Gasteiger partial charge in [0.1, 0.15) is 12.3 Å². The molecule has 8 heteroatoms. The number of amides is 2. The lowest BCUT2D eigenvalue weighted by molar-refractivity contribution is -0.133. The van der Waals surface area contributed by atoms with Crippen molar-refractivity contribution in [2.45, 2.75) is 13.1 Å². The van der Waals surface area contributed by atoms with Crippen molar-refractivity contribution >= 4 is 23.2 Å². The molecule has 2 aromatic carbocycles. The predicted octanol–water partition coefficient (Wildman–Crippen LogP) is 3.76.